The fraction of sp³-hybridized carbons (Fsp3) is 0.471. The van der Waals surface area contributed by atoms with Crippen LogP contribution in [-0.4, -0.2) is 53.2 Å². The number of ether oxygens (including phenoxy) is 2. The molecule has 8 nitrogen and oxygen atoms in total. The second kappa shape index (κ2) is 6.45. The topological polar surface area (TPSA) is 89.7 Å². The highest BCUT2D eigenvalue weighted by atomic mass is 16.7. The minimum Gasteiger partial charge on any atom is -0.347 e. The van der Waals surface area contributed by atoms with Gasteiger partial charge in [-0.2, -0.15) is 4.98 Å². The van der Waals surface area contributed by atoms with Crippen molar-refractivity contribution in [1.29, 1.82) is 0 Å². The largest absolute Gasteiger partial charge is 0.347 e. The Morgan fingerprint density at radius 2 is 2.00 bits per heavy atom. The van der Waals surface area contributed by atoms with Crippen molar-refractivity contribution >= 4 is 11.7 Å². The molecule has 2 amide bonds. The Kier molecular flexibility index (Phi) is 4.14. The maximum Gasteiger partial charge on any atom is 0.321 e. The number of hydrogen-bond donors (Lipinski definition) is 1. The number of piperidine rings is 1. The summed E-state index contributed by atoms with van der Waals surface area (Å²) in [7, 11) is 0. The second-order valence-electron chi connectivity index (χ2n) is 6.24. The number of nitrogens with one attached hydrogen (secondary N) is 1. The maximum atomic E-state index is 12.5. The summed E-state index contributed by atoms with van der Waals surface area (Å²) in [5.41, 5.74) is 1.48. The first-order chi connectivity index (χ1) is 12.1. The van der Waals surface area contributed by atoms with Gasteiger partial charge in [0.15, 0.2) is 5.79 Å². The molecule has 132 valence electrons. The van der Waals surface area contributed by atoms with Crippen LogP contribution in [0.15, 0.2) is 28.8 Å². The monoisotopic (exact) mass is 344 g/mol. The molecule has 0 radical (unpaired) electrons. The van der Waals surface area contributed by atoms with Crippen molar-refractivity contribution in [2.75, 3.05) is 31.6 Å². The zero-order valence-electron chi connectivity index (χ0n) is 14.0. The second-order valence-corrected chi connectivity index (χ2v) is 6.24. The molecule has 8 heteroatoms. The summed E-state index contributed by atoms with van der Waals surface area (Å²) >= 11 is 0. The number of likely N-dealkylation sites (tertiary alicyclic amines) is 1. The van der Waals surface area contributed by atoms with Gasteiger partial charge in [-0.05, 0) is 12.1 Å². The zero-order chi connectivity index (χ0) is 17.3. The lowest BCUT2D eigenvalue weighted by Gasteiger charge is -2.37. The van der Waals surface area contributed by atoms with E-state index < -0.39 is 5.79 Å². The zero-order valence-corrected chi connectivity index (χ0v) is 14.0. The van der Waals surface area contributed by atoms with Crippen LogP contribution in [0.3, 0.4) is 0 Å². The van der Waals surface area contributed by atoms with Crippen LogP contribution in [0.2, 0.25) is 0 Å². The average Bonchev–Trinajstić information content (AvgIpc) is 3.25. The third-order valence-electron chi connectivity index (χ3n) is 4.53. The van der Waals surface area contributed by atoms with Gasteiger partial charge in [0, 0.05) is 44.1 Å². The standard InChI is InChI=1S/C17H20N4O4/c1-12-18-15(20-25-12)13-3-2-4-14(11-13)19-16(22)21-7-5-17(6-8-21)23-9-10-24-17/h2-4,11H,5-10H2,1H3,(H,19,22). The molecule has 2 aromatic rings. The van der Waals surface area contributed by atoms with E-state index in [2.05, 4.69) is 15.5 Å². The van der Waals surface area contributed by atoms with E-state index in [-0.39, 0.29) is 6.03 Å². The van der Waals surface area contributed by atoms with Crippen LogP contribution in [0.25, 0.3) is 11.4 Å². The third kappa shape index (κ3) is 3.35. The first-order valence-corrected chi connectivity index (χ1v) is 8.38. The lowest BCUT2D eigenvalue weighted by molar-refractivity contribution is -0.181. The number of benzene rings is 1. The summed E-state index contributed by atoms with van der Waals surface area (Å²) in [5.74, 6) is 0.528. The fourth-order valence-electron chi connectivity index (χ4n) is 3.19. The third-order valence-corrected chi connectivity index (χ3v) is 4.53. The molecule has 2 fully saturated rings. The van der Waals surface area contributed by atoms with Crippen LogP contribution in [-0.2, 0) is 9.47 Å². The van der Waals surface area contributed by atoms with E-state index >= 15 is 0 Å². The molecule has 1 aromatic carbocycles. The molecule has 25 heavy (non-hydrogen) atoms. The van der Waals surface area contributed by atoms with E-state index in [1.165, 1.54) is 0 Å². The van der Waals surface area contributed by atoms with E-state index in [0.717, 1.165) is 5.56 Å². The Balaban J connectivity index is 1.40. The molecule has 1 aromatic heterocycles. The molecule has 0 saturated carbocycles. The van der Waals surface area contributed by atoms with Gasteiger partial charge in [0.1, 0.15) is 0 Å². The lowest BCUT2D eigenvalue weighted by atomic mass is 10.0. The van der Waals surface area contributed by atoms with Gasteiger partial charge in [-0.15, -0.1) is 0 Å². The lowest BCUT2D eigenvalue weighted by Crippen LogP contribution is -2.48. The van der Waals surface area contributed by atoms with Gasteiger partial charge in [-0.3, -0.25) is 0 Å². The highest BCUT2D eigenvalue weighted by Crippen LogP contribution is 2.31. The molecule has 2 aliphatic rings. The summed E-state index contributed by atoms with van der Waals surface area (Å²) in [6.45, 7) is 4.22. The predicted octanol–water partition coefficient (Wildman–Crippen LogP) is 2.42. The molecule has 1 N–H and O–H groups in total. The summed E-state index contributed by atoms with van der Waals surface area (Å²) in [4.78, 5) is 18.5. The molecule has 0 bridgehead atoms. The van der Waals surface area contributed by atoms with Crippen LogP contribution >= 0.6 is 0 Å². The van der Waals surface area contributed by atoms with Crippen LogP contribution in [0.1, 0.15) is 18.7 Å². The number of hydrogen-bond acceptors (Lipinski definition) is 6. The van der Waals surface area contributed by atoms with Crippen LogP contribution < -0.4 is 5.32 Å². The van der Waals surface area contributed by atoms with E-state index in [1.54, 1.807) is 11.8 Å². The summed E-state index contributed by atoms with van der Waals surface area (Å²) < 4.78 is 16.4. The number of amides is 2. The minimum absolute atomic E-state index is 0.130. The summed E-state index contributed by atoms with van der Waals surface area (Å²) in [6, 6.07) is 7.26. The summed E-state index contributed by atoms with van der Waals surface area (Å²) in [5, 5.41) is 6.83. The Labute approximate surface area is 145 Å². The van der Waals surface area contributed by atoms with E-state index in [4.69, 9.17) is 14.0 Å². The van der Waals surface area contributed by atoms with Gasteiger partial charge in [-0.1, -0.05) is 17.3 Å². The van der Waals surface area contributed by atoms with E-state index in [1.807, 2.05) is 24.3 Å². The number of aromatic nitrogens is 2. The SMILES string of the molecule is Cc1nc(-c2cccc(NC(=O)N3CCC4(CC3)OCCO4)c2)no1. The first kappa shape index (κ1) is 16.0. The van der Waals surface area contributed by atoms with Crippen LogP contribution in [0.5, 0.6) is 0 Å². The molecule has 0 unspecified atom stereocenters. The molecule has 1 spiro atoms. The minimum atomic E-state index is -0.479. The maximum absolute atomic E-state index is 12.5. The van der Waals surface area contributed by atoms with E-state index in [0.29, 0.717) is 56.5 Å². The van der Waals surface area contributed by atoms with Crippen molar-refractivity contribution in [2.24, 2.45) is 0 Å². The fourth-order valence-corrected chi connectivity index (χ4v) is 3.19. The Hall–Kier alpha value is -2.45. The predicted molar refractivity (Wildman–Crippen MR) is 88.9 cm³/mol. The van der Waals surface area contributed by atoms with Crippen molar-refractivity contribution in [1.82, 2.24) is 15.0 Å². The highest BCUT2D eigenvalue weighted by molar-refractivity contribution is 5.90. The smallest absolute Gasteiger partial charge is 0.321 e. The normalized spacial score (nSPS) is 19.3. The average molecular weight is 344 g/mol. The first-order valence-electron chi connectivity index (χ1n) is 8.38. The summed E-state index contributed by atoms with van der Waals surface area (Å²) in [6.07, 6.45) is 1.39. The number of carbonyl (C=O) groups is 1. The quantitative estimate of drug-likeness (QED) is 0.900. The Bertz CT molecular complexity index is 760. The van der Waals surface area contributed by atoms with Crippen molar-refractivity contribution in [3.8, 4) is 11.4 Å². The number of anilines is 1. The van der Waals surface area contributed by atoms with Gasteiger partial charge in [0.05, 0.1) is 13.2 Å². The highest BCUT2D eigenvalue weighted by Gasteiger charge is 2.40. The molecule has 0 aliphatic carbocycles. The Morgan fingerprint density at radius 3 is 2.68 bits per heavy atom. The number of carbonyl (C=O) groups excluding carboxylic acids is 1. The van der Waals surface area contributed by atoms with E-state index in [9.17, 15) is 4.79 Å². The molecule has 0 atom stereocenters. The number of rotatable bonds is 2. The number of aryl methyl sites for hydroxylation is 1. The molecular weight excluding hydrogens is 324 g/mol. The van der Waals surface area contributed by atoms with Crippen LogP contribution in [0.4, 0.5) is 10.5 Å². The van der Waals surface area contributed by atoms with Crippen molar-refractivity contribution in [2.45, 2.75) is 25.6 Å². The van der Waals surface area contributed by atoms with Gasteiger partial charge in [-0.25, -0.2) is 4.79 Å². The van der Waals surface area contributed by atoms with Gasteiger partial charge in [0.25, 0.3) is 0 Å². The van der Waals surface area contributed by atoms with Gasteiger partial charge >= 0.3 is 6.03 Å². The molecule has 2 aliphatic heterocycles. The number of urea groups is 1. The van der Waals surface area contributed by atoms with Crippen LogP contribution in [0, 0.1) is 6.92 Å². The van der Waals surface area contributed by atoms with Crippen molar-refractivity contribution < 1.29 is 18.8 Å². The number of nitrogens with zero attached hydrogens (tertiary/aromatic N) is 3. The van der Waals surface area contributed by atoms with Crippen molar-refractivity contribution in [3.63, 3.8) is 0 Å². The molecular formula is C17H20N4O4. The molecule has 4 rings (SSSR count). The molecule has 3 heterocycles. The van der Waals surface area contributed by atoms with Gasteiger partial charge in [0.2, 0.25) is 11.7 Å². The Morgan fingerprint density at radius 1 is 1.24 bits per heavy atom. The molecule has 2 saturated heterocycles. The van der Waals surface area contributed by atoms with Gasteiger partial charge < -0.3 is 24.2 Å². The van der Waals surface area contributed by atoms with Crippen molar-refractivity contribution in [3.05, 3.63) is 30.2 Å².